The zero-order valence-electron chi connectivity index (χ0n) is 45.8. The number of piperidine rings is 1. The van der Waals surface area contributed by atoms with Crippen molar-refractivity contribution in [2.75, 3.05) is 70.5 Å². The number of nitrogens with one attached hydrogen (secondary N) is 2. The zero-order chi connectivity index (χ0) is 57.2. The number of aromatic hydroxyl groups is 1. The van der Waals surface area contributed by atoms with E-state index >= 15 is 4.39 Å². The highest BCUT2D eigenvalue weighted by Gasteiger charge is 2.45. The molecule has 0 spiro atoms. The molecule has 424 valence electrons. The van der Waals surface area contributed by atoms with E-state index in [0.717, 1.165) is 34.5 Å². The number of nitrogens with zero attached hydrogens (tertiary/aromatic N) is 7. The molecule has 0 bridgehead atoms. The summed E-state index contributed by atoms with van der Waals surface area (Å²) in [7, 11) is 0. The molecule has 5 heterocycles. The molecule has 5 atom stereocenters. The summed E-state index contributed by atoms with van der Waals surface area (Å²) in [5, 5.41) is 29.1. The summed E-state index contributed by atoms with van der Waals surface area (Å²) in [5.41, 5.74) is 4.30. The lowest BCUT2D eigenvalue weighted by Crippen LogP contribution is -2.58. The Hall–Kier alpha value is -6.84. The van der Waals surface area contributed by atoms with E-state index in [1.54, 1.807) is 23.5 Å². The van der Waals surface area contributed by atoms with Crippen molar-refractivity contribution < 1.29 is 47.6 Å². The lowest BCUT2D eigenvalue weighted by Gasteiger charge is -2.36. The molecule has 0 unspecified atom stereocenters. The van der Waals surface area contributed by atoms with Gasteiger partial charge in [0, 0.05) is 56.6 Å². The van der Waals surface area contributed by atoms with Crippen LogP contribution in [0.25, 0.3) is 43.2 Å². The molecule has 80 heavy (non-hydrogen) atoms. The Morgan fingerprint density at radius 2 is 1.66 bits per heavy atom. The van der Waals surface area contributed by atoms with E-state index in [1.807, 2.05) is 100 Å². The molecule has 2 aromatic heterocycles. The van der Waals surface area contributed by atoms with E-state index in [1.165, 1.54) is 15.9 Å². The summed E-state index contributed by atoms with van der Waals surface area (Å²) in [6.07, 6.45) is 0.247. The second-order valence-corrected chi connectivity index (χ2v) is 23.5. The summed E-state index contributed by atoms with van der Waals surface area (Å²) in [6, 6.07) is 17.4. The van der Waals surface area contributed by atoms with Gasteiger partial charge >= 0.3 is 6.01 Å². The molecule has 9 rings (SSSR count). The number of likely N-dealkylation sites (tertiary alicyclic amines) is 2. The van der Waals surface area contributed by atoms with Crippen molar-refractivity contribution in [3.05, 3.63) is 107 Å². The van der Waals surface area contributed by atoms with E-state index in [2.05, 4.69) is 32.1 Å². The van der Waals surface area contributed by atoms with Crippen LogP contribution in [0.1, 0.15) is 71.2 Å². The fourth-order valence-corrected chi connectivity index (χ4v) is 12.1. The minimum Gasteiger partial charge on any atom is -0.508 e. The molecule has 3 saturated heterocycles. The number of aromatic nitrogens is 3. The molecule has 0 saturated carbocycles. The fraction of sp³-hybridized carbons (Fsp3) is 0.441. The van der Waals surface area contributed by atoms with Gasteiger partial charge in [-0.15, -0.1) is 11.3 Å². The maximum Gasteiger partial charge on any atom is 0.319 e. The first-order chi connectivity index (χ1) is 38.1. The maximum atomic E-state index is 17.2. The number of hydrogen-bond donors (Lipinski definition) is 4. The van der Waals surface area contributed by atoms with Crippen molar-refractivity contribution in [1.29, 1.82) is 0 Å². The van der Waals surface area contributed by atoms with Crippen LogP contribution < -0.4 is 20.3 Å². The number of rotatable bonds is 17. The Morgan fingerprint density at radius 1 is 0.950 bits per heavy atom. The second kappa shape index (κ2) is 24.5. The van der Waals surface area contributed by atoms with E-state index < -0.39 is 65.0 Å². The lowest BCUT2D eigenvalue weighted by molar-refractivity contribution is -0.144. The lowest BCUT2D eigenvalue weighted by atomic mass is 9.85. The number of benzene rings is 4. The first kappa shape index (κ1) is 57.8. The number of thiazole rings is 1. The number of anilines is 1. The largest absolute Gasteiger partial charge is 0.508 e. The van der Waals surface area contributed by atoms with Crippen LogP contribution in [-0.2, 0) is 23.9 Å². The topological polar surface area (TPSA) is 203 Å². The van der Waals surface area contributed by atoms with Crippen molar-refractivity contribution in [2.45, 2.75) is 91.1 Å². The highest BCUT2D eigenvalue weighted by Crippen LogP contribution is 2.43. The molecule has 17 nitrogen and oxygen atoms in total. The smallest absolute Gasteiger partial charge is 0.319 e. The zero-order valence-corrected chi connectivity index (χ0v) is 47.4. The average Bonchev–Trinajstić information content (AvgIpc) is 4.08. The van der Waals surface area contributed by atoms with Gasteiger partial charge in [0.15, 0.2) is 11.6 Å². The van der Waals surface area contributed by atoms with E-state index in [9.17, 15) is 33.8 Å². The van der Waals surface area contributed by atoms with Gasteiger partial charge in [0.05, 0.1) is 39.9 Å². The maximum absolute atomic E-state index is 17.2. The normalized spacial score (nSPS) is 18.6. The predicted molar refractivity (Wildman–Crippen MR) is 305 cm³/mol. The molecule has 0 radical (unpaired) electrons. The predicted octanol–water partition coefficient (Wildman–Crippen LogP) is 8.38. The van der Waals surface area contributed by atoms with Gasteiger partial charge in [0.2, 0.25) is 17.7 Å². The van der Waals surface area contributed by atoms with Crippen LogP contribution in [0.15, 0.2) is 84.6 Å². The Bertz CT molecular complexity index is 3290. The molecule has 6 aromatic rings. The van der Waals surface area contributed by atoms with Gasteiger partial charge in [0.1, 0.15) is 41.9 Å². The highest BCUT2D eigenvalue weighted by molar-refractivity contribution is 7.13. The summed E-state index contributed by atoms with van der Waals surface area (Å²) in [4.78, 5) is 75.6. The van der Waals surface area contributed by atoms with Gasteiger partial charge < -0.3 is 45.0 Å². The van der Waals surface area contributed by atoms with Crippen molar-refractivity contribution >= 4 is 74.1 Å². The minimum atomic E-state index is -1.05. The van der Waals surface area contributed by atoms with E-state index in [-0.39, 0.29) is 85.6 Å². The molecule has 21 heteroatoms. The molecule has 4 N–H and O–H groups in total. The molecular formula is C59H68ClF2N9O8S. The van der Waals surface area contributed by atoms with E-state index in [0.29, 0.717) is 53.8 Å². The Balaban J connectivity index is 0.793. The number of aliphatic hydroxyl groups is 1. The number of aliphatic hydroxyl groups excluding tert-OH is 1. The number of phenolic OH excluding ortho intramolecular Hbond substituents is 1. The fourth-order valence-electron chi connectivity index (χ4n) is 10.9. The Morgan fingerprint density at radius 3 is 2.34 bits per heavy atom. The summed E-state index contributed by atoms with van der Waals surface area (Å²) in [6.45, 7) is 17.1. The van der Waals surface area contributed by atoms with Crippen molar-refractivity contribution in [1.82, 2.24) is 40.3 Å². The second-order valence-electron chi connectivity index (χ2n) is 22.2. The molecule has 4 amide bonds. The van der Waals surface area contributed by atoms with Gasteiger partial charge in [-0.1, -0.05) is 87.5 Å². The number of β-amino-alcohol motifs (C(OH)–C–C–N with tert-alkyl or cyclic N) is 1. The van der Waals surface area contributed by atoms with Crippen LogP contribution in [0.4, 0.5) is 14.6 Å². The molecule has 3 fully saturated rings. The van der Waals surface area contributed by atoms with E-state index in [4.69, 9.17) is 26.1 Å². The summed E-state index contributed by atoms with van der Waals surface area (Å²) in [5.74, 6) is -3.48. The molecule has 3 aliphatic heterocycles. The molecule has 4 aromatic carbocycles. The van der Waals surface area contributed by atoms with Gasteiger partial charge in [-0.2, -0.15) is 9.97 Å². The highest BCUT2D eigenvalue weighted by atomic mass is 35.5. The monoisotopic (exact) mass is 1140 g/mol. The number of phenols is 1. The summed E-state index contributed by atoms with van der Waals surface area (Å²) < 4.78 is 43.3. The Kier molecular flexibility index (Phi) is 17.7. The van der Waals surface area contributed by atoms with Crippen LogP contribution in [0.5, 0.6) is 11.8 Å². The number of halogens is 3. The molecule has 3 aliphatic rings. The van der Waals surface area contributed by atoms with Crippen LogP contribution in [0.3, 0.4) is 0 Å². The van der Waals surface area contributed by atoms with Crippen molar-refractivity contribution in [3.8, 4) is 33.3 Å². The molecular weight excluding hydrogens is 1070 g/mol. The van der Waals surface area contributed by atoms with Crippen LogP contribution in [0, 0.1) is 24.1 Å². The van der Waals surface area contributed by atoms with Crippen LogP contribution in [-0.4, -0.2) is 153 Å². The van der Waals surface area contributed by atoms with Crippen LogP contribution >= 0.6 is 22.9 Å². The standard InChI is InChI=1S/C59H68ClF2N9O8S/c1-33(79-58-66-51-45(54(67-58)69-20-22-70(23-21-69)56(76)34(2)61)27-46(60)49(50(51)62)44-25-41(72)24-40-10-8-9-11-43(40)44)28-68-18-16-37(17-19-68)30-78-31-48(74)65-53(59(5,6)7)57(77)71-29-42(73)26-47(71)55(75)64-35(3)38-12-14-39(15-13-38)52-36(4)63-32-80-52/h8-15,24-25,27,32-33,35,37,42,47,53,72-73H,2,16-23,26,28-31H2,1,3-7H3,(H,64,75)(H,65,74)/t33-,35+,42-,47+,53-/m1/s1. The number of carbonyl (C=O) groups is 4. The Labute approximate surface area is 472 Å². The summed E-state index contributed by atoms with van der Waals surface area (Å²) >= 11 is 8.48. The van der Waals surface area contributed by atoms with Gasteiger partial charge in [-0.25, -0.2) is 13.8 Å². The van der Waals surface area contributed by atoms with Gasteiger partial charge in [-0.3, -0.25) is 24.1 Å². The minimum absolute atomic E-state index is 0.0453. The number of amides is 4. The number of hydrogen-bond acceptors (Lipinski definition) is 14. The van der Waals surface area contributed by atoms with Gasteiger partial charge in [-0.05, 0) is 104 Å². The number of fused-ring (bicyclic) bond motifs is 2. The third-order valence-corrected chi connectivity index (χ3v) is 16.5. The van der Waals surface area contributed by atoms with Crippen molar-refractivity contribution in [2.24, 2.45) is 11.3 Å². The number of carbonyl (C=O) groups excluding carboxylic acids is 4. The first-order valence-electron chi connectivity index (χ1n) is 27.0. The third kappa shape index (κ3) is 13.0. The SMILES string of the molecule is C=C(F)C(=O)N1CCN(c2nc(O[C@H](C)CN3CCC(COCC(=O)N[C@H](C(=O)N4C[C@H](O)C[C@H]4C(=O)N[C@@H](C)c4ccc(-c5scnc5C)cc4)C(C)(C)C)CC3)nc3c(F)c(-c4cc(O)cc5ccccc45)c(Cl)cc23)CC1. The number of ether oxygens (including phenoxy) is 2. The molecule has 0 aliphatic carbocycles. The van der Waals surface area contributed by atoms with Crippen LogP contribution in [0.2, 0.25) is 5.02 Å². The average molecular weight is 1140 g/mol. The number of piperazine rings is 1. The number of aryl methyl sites for hydroxylation is 1. The first-order valence-corrected chi connectivity index (χ1v) is 28.2. The van der Waals surface area contributed by atoms with Gasteiger partial charge in [0.25, 0.3) is 5.91 Å². The quantitative estimate of drug-likeness (QED) is 0.0635. The van der Waals surface area contributed by atoms with Crippen molar-refractivity contribution in [3.63, 3.8) is 0 Å². The third-order valence-electron chi connectivity index (χ3n) is 15.2.